The van der Waals surface area contributed by atoms with Gasteiger partial charge >= 0.3 is 0 Å². The lowest BCUT2D eigenvalue weighted by Gasteiger charge is -2.12. The third-order valence-electron chi connectivity index (χ3n) is 9.43. The molecule has 6 heteroatoms. The minimum Gasteiger partial charge on any atom is -0.294 e. The first kappa shape index (κ1) is 28.1. The van der Waals surface area contributed by atoms with Crippen LogP contribution in [-0.4, -0.2) is 29.1 Å². The lowest BCUT2D eigenvalue weighted by atomic mass is 10.0. The molecule has 50 heavy (non-hydrogen) atoms. The van der Waals surface area contributed by atoms with Crippen LogP contribution in [0.3, 0.4) is 0 Å². The van der Waals surface area contributed by atoms with Crippen LogP contribution < -0.4 is 0 Å². The van der Waals surface area contributed by atoms with E-state index in [1.807, 2.05) is 54.7 Å². The van der Waals surface area contributed by atoms with E-state index in [2.05, 4.69) is 124 Å². The van der Waals surface area contributed by atoms with Gasteiger partial charge in [0.05, 0.1) is 22.1 Å². The Hall–Kier alpha value is -6.92. The van der Waals surface area contributed by atoms with Gasteiger partial charge in [-0.3, -0.25) is 9.13 Å². The van der Waals surface area contributed by atoms with Crippen molar-refractivity contribution >= 4 is 43.6 Å². The van der Waals surface area contributed by atoms with Crippen molar-refractivity contribution in [3.05, 3.63) is 170 Å². The van der Waals surface area contributed by atoms with Crippen molar-refractivity contribution in [2.24, 2.45) is 0 Å². The van der Waals surface area contributed by atoms with Gasteiger partial charge in [-0.1, -0.05) is 121 Å². The van der Waals surface area contributed by atoms with E-state index in [1.54, 1.807) is 0 Å². The van der Waals surface area contributed by atoms with Crippen LogP contribution in [0.1, 0.15) is 0 Å². The van der Waals surface area contributed by atoms with Crippen molar-refractivity contribution in [1.82, 2.24) is 29.1 Å². The summed E-state index contributed by atoms with van der Waals surface area (Å²) in [6.45, 7) is 0. The zero-order valence-electron chi connectivity index (χ0n) is 26.8. The fraction of sp³-hybridized carbons (Fsp3) is 0. The lowest BCUT2D eigenvalue weighted by molar-refractivity contribution is 0.953. The van der Waals surface area contributed by atoms with Gasteiger partial charge in [0.15, 0.2) is 11.6 Å². The molecule has 0 aliphatic rings. The van der Waals surface area contributed by atoms with E-state index in [9.17, 15) is 0 Å². The fourth-order valence-corrected chi connectivity index (χ4v) is 7.25. The monoisotopic (exact) mass is 640 g/mol. The Kier molecular flexibility index (Phi) is 6.39. The van der Waals surface area contributed by atoms with Crippen molar-refractivity contribution in [3.63, 3.8) is 0 Å². The van der Waals surface area contributed by atoms with Crippen molar-refractivity contribution in [2.45, 2.75) is 0 Å². The molecule has 0 saturated heterocycles. The first-order chi connectivity index (χ1) is 24.8. The molecule has 0 radical (unpaired) electrons. The molecule has 0 saturated carbocycles. The Balaban J connectivity index is 1.28. The van der Waals surface area contributed by atoms with Crippen LogP contribution >= 0.6 is 0 Å². The third kappa shape index (κ3) is 4.43. The second kappa shape index (κ2) is 11.4. The maximum Gasteiger partial charge on any atom is 0.238 e. The average Bonchev–Trinajstić information content (AvgIpc) is 3.72. The molecular weight excluding hydrogens is 613 g/mol. The van der Waals surface area contributed by atoms with Crippen LogP contribution in [0.4, 0.5) is 0 Å². The molecule has 0 atom stereocenters. The SMILES string of the molecule is c1ccc(-c2cccc(-c3nc(-c4ccccc4)nc(-n4c5ccccc5c5c6c7ccccc7n(-c7ccccn7)c6ccc54)n3)c2)cc1. The molecule has 6 nitrogen and oxygen atoms in total. The van der Waals surface area contributed by atoms with E-state index in [0.717, 1.165) is 60.9 Å². The molecule has 0 aliphatic carbocycles. The smallest absolute Gasteiger partial charge is 0.238 e. The van der Waals surface area contributed by atoms with E-state index in [-0.39, 0.29) is 0 Å². The van der Waals surface area contributed by atoms with Gasteiger partial charge in [-0.15, -0.1) is 0 Å². The number of pyridine rings is 1. The summed E-state index contributed by atoms with van der Waals surface area (Å²) in [6.07, 6.45) is 1.85. The van der Waals surface area contributed by atoms with Crippen LogP contribution in [0.25, 0.3) is 89.3 Å². The first-order valence-electron chi connectivity index (χ1n) is 16.7. The third-order valence-corrected chi connectivity index (χ3v) is 9.43. The summed E-state index contributed by atoms with van der Waals surface area (Å²) < 4.78 is 4.44. The van der Waals surface area contributed by atoms with Gasteiger partial charge in [0.1, 0.15) is 5.82 Å². The molecule has 234 valence electrons. The quantitative estimate of drug-likeness (QED) is 0.188. The van der Waals surface area contributed by atoms with E-state index < -0.39 is 0 Å². The van der Waals surface area contributed by atoms with Gasteiger partial charge < -0.3 is 0 Å². The summed E-state index contributed by atoms with van der Waals surface area (Å²) in [4.78, 5) is 20.2. The molecule has 0 fully saturated rings. The van der Waals surface area contributed by atoms with E-state index >= 15 is 0 Å². The summed E-state index contributed by atoms with van der Waals surface area (Å²) in [5, 5.41) is 4.62. The molecule has 10 aromatic rings. The van der Waals surface area contributed by atoms with Crippen LogP contribution in [-0.2, 0) is 0 Å². The lowest BCUT2D eigenvalue weighted by Crippen LogP contribution is -2.06. The van der Waals surface area contributed by atoms with E-state index in [0.29, 0.717) is 17.6 Å². The van der Waals surface area contributed by atoms with E-state index in [4.69, 9.17) is 19.9 Å². The van der Waals surface area contributed by atoms with Gasteiger partial charge in [-0.25, -0.2) is 9.97 Å². The molecule has 0 aliphatic heterocycles. The summed E-state index contributed by atoms with van der Waals surface area (Å²) >= 11 is 0. The Morgan fingerprint density at radius 1 is 0.360 bits per heavy atom. The largest absolute Gasteiger partial charge is 0.294 e. The van der Waals surface area contributed by atoms with Crippen molar-refractivity contribution in [3.8, 4) is 45.7 Å². The highest BCUT2D eigenvalue weighted by Gasteiger charge is 2.22. The van der Waals surface area contributed by atoms with Gasteiger partial charge in [0, 0.05) is 38.9 Å². The molecule has 0 unspecified atom stereocenters. The summed E-state index contributed by atoms with van der Waals surface area (Å²) in [7, 11) is 0. The van der Waals surface area contributed by atoms with Gasteiger partial charge in [0.2, 0.25) is 5.95 Å². The maximum absolute atomic E-state index is 5.23. The number of benzene rings is 6. The van der Waals surface area contributed by atoms with Gasteiger partial charge in [-0.2, -0.15) is 9.97 Å². The van der Waals surface area contributed by atoms with Crippen LogP contribution in [0.5, 0.6) is 0 Å². The molecule has 0 N–H and O–H groups in total. The molecule has 0 amide bonds. The zero-order chi connectivity index (χ0) is 33.0. The Morgan fingerprint density at radius 3 is 1.58 bits per heavy atom. The first-order valence-corrected chi connectivity index (χ1v) is 16.7. The van der Waals surface area contributed by atoms with Crippen LogP contribution in [0, 0.1) is 0 Å². The van der Waals surface area contributed by atoms with Crippen molar-refractivity contribution < 1.29 is 0 Å². The topological polar surface area (TPSA) is 61.4 Å². The number of hydrogen-bond donors (Lipinski definition) is 0. The molecular formula is C44H28N6. The summed E-state index contributed by atoms with van der Waals surface area (Å²) in [5.41, 5.74) is 8.36. The number of rotatable bonds is 5. The zero-order valence-corrected chi connectivity index (χ0v) is 26.8. The minimum absolute atomic E-state index is 0.568. The van der Waals surface area contributed by atoms with Crippen LogP contribution in [0.2, 0.25) is 0 Å². The van der Waals surface area contributed by atoms with Crippen LogP contribution in [0.15, 0.2) is 170 Å². The number of hydrogen-bond acceptors (Lipinski definition) is 4. The molecule has 6 aromatic carbocycles. The standard InChI is InChI=1S/C44H28N6/c1-3-14-29(15-4-1)31-18-13-19-32(28-31)43-46-42(30-16-5-2-6-17-30)47-44(48-43)50-36-23-10-8-21-34(36)41-38(50)26-25-37-40(41)33-20-7-9-22-35(33)49(37)39-24-11-12-27-45-39/h1-28H. The molecule has 0 spiro atoms. The molecule has 10 rings (SSSR count). The molecule has 0 bridgehead atoms. The predicted octanol–water partition coefficient (Wildman–Crippen LogP) is 10.5. The van der Waals surface area contributed by atoms with Gasteiger partial charge in [0.25, 0.3) is 0 Å². The number of nitrogens with zero attached hydrogens (tertiary/aromatic N) is 6. The summed E-state index contributed by atoms with van der Waals surface area (Å²) in [6, 6.07) is 56.5. The second-order valence-corrected chi connectivity index (χ2v) is 12.3. The Bertz CT molecular complexity index is 2860. The molecule has 4 aromatic heterocycles. The highest BCUT2D eigenvalue weighted by atomic mass is 15.2. The minimum atomic E-state index is 0.568. The van der Waals surface area contributed by atoms with Crippen molar-refractivity contribution in [2.75, 3.05) is 0 Å². The predicted molar refractivity (Wildman–Crippen MR) is 203 cm³/mol. The summed E-state index contributed by atoms with van der Waals surface area (Å²) in [5.74, 6) is 2.69. The maximum atomic E-state index is 5.23. The average molecular weight is 641 g/mol. The second-order valence-electron chi connectivity index (χ2n) is 12.3. The number of aromatic nitrogens is 6. The highest BCUT2D eigenvalue weighted by Crippen LogP contribution is 2.42. The highest BCUT2D eigenvalue weighted by molar-refractivity contribution is 6.28. The number of para-hydroxylation sites is 2. The normalized spacial score (nSPS) is 11.6. The Labute approximate surface area is 287 Å². The number of fused-ring (bicyclic) bond motifs is 7. The van der Waals surface area contributed by atoms with Gasteiger partial charge in [-0.05, 0) is 53.6 Å². The fourth-order valence-electron chi connectivity index (χ4n) is 7.25. The van der Waals surface area contributed by atoms with Crippen molar-refractivity contribution in [1.29, 1.82) is 0 Å². The molecule has 4 heterocycles. The Morgan fingerprint density at radius 2 is 0.900 bits per heavy atom. The van der Waals surface area contributed by atoms with E-state index in [1.165, 1.54) is 10.8 Å².